The van der Waals surface area contributed by atoms with Gasteiger partial charge in [0.05, 0.1) is 0 Å². The lowest BCUT2D eigenvalue weighted by Gasteiger charge is -2.18. The number of methoxy groups -OCH3 is 1. The van der Waals surface area contributed by atoms with Gasteiger partial charge in [0.1, 0.15) is 12.1 Å². The van der Waals surface area contributed by atoms with Crippen LogP contribution in [-0.2, 0) is 14.3 Å². The Hall–Kier alpha value is -1.83. The second-order valence-corrected chi connectivity index (χ2v) is 4.79. The summed E-state index contributed by atoms with van der Waals surface area (Å²) in [6.07, 6.45) is 2.08. The predicted molar refractivity (Wildman–Crippen MR) is 70.2 cm³/mol. The zero-order chi connectivity index (χ0) is 15.1. The van der Waals surface area contributed by atoms with Crippen LogP contribution < -0.4 is 16.0 Å². The van der Waals surface area contributed by atoms with Crippen molar-refractivity contribution in [1.82, 2.24) is 16.0 Å². The fraction of sp³-hybridized carbons (Fsp3) is 0.750. The van der Waals surface area contributed by atoms with Gasteiger partial charge in [-0.2, -0.15) is 0 Å². The fourth-order valence-electron chi connectivity index (χ4n) is 1.51. The minimum Gasteiger partial charge on any atom is -0.480 e. The number of carbonyl (C=O) groups is 3. The van der Waals surface area contributed by atoms with E-state index in [9.17, 15) is 14.4 Å². The van der Waals surface area contributed by atoms with E-state index >= 15 is 0 Å². The lowest BCUT2D eigenvalue weighted by Crippen LogP contribution is -2.52. The number of hydrogen-bond donors (Lipinski definition) is 4. The van der Waals surface area contributed by atoms with Crippen molar-refractivity contribution in [1.29, 1.82) is 0 Å². The maximum absolute atomic E-state index is 11.6. The van der Waals surface area contributed by atoms with Gasteiger partial charge in [-0.25, -0.2) is 9.59 Å². The van der Waals surface area contributed by atoms with Crippen molar-refractivity contribution in [3.05, 3.63) is 0 Å². The zero-order valence-corrected chi connectivity index (χ0v) is 11.6. The summed E-state index contributed by atoms with van der Waals surface area (Å²) in [5, 5.41) is 16.4. The molecule has 20 heavy (non-hydrogen) atoms. The molecule has 0 aromatic rings. The summed E-state index contributed by atoms with van der Waals surface area (Å²) in [6, 6.07) is -2.24. The molecular weight excluding hydrogens is 266 g/mol. The van der Waals surface area contributed by atoms with Crippen molar-refractivity contribution in [2.24, 2.45) is 0 Å². The average molecular weight is 287 g/mol. The third kappa shape index (κ3) is 5.87. The number of carbonyl (C=O) groups excluding carboxylic acids is 2. The summed E-state index contributed by atoms with van der Waals surface area (Å²) in [4.78, 5) is 34.2. The SMILES string of the molecule is COCCC(NC(=O)NC(C)C(=O)NC1CC1)C(=O)O. The Bertz CT molecular complexity index is 370. The second kappa shape index (κ2) is 7.68. The van der Waals surface area contributed by atoms with Crippen molar-refractivity contribution in [3.8, 4) is 0 Å². The van der Waals surface area contributed by atoms with Gasteiger partial charge >= 0.3 is 12.0 Å². The van der Waals surface area contributed by atoms with Crippen LogP contribution in [0.15, 0.2) is 0 Å². The van der Waals surface area contributed by atoms with Gasteiger partial charge < -0.3 is 25.8 Å². The van der Waals surface area contributed by atoms with E-state index in [1.807, 2.05) is 0 Å². The first-order chi connectivity index (χ1) is 9.43. The molecule has 8 nitrogen and oxygen atoms in total. The van der Waals surface area contributed by atoms with Crippen LogP contribution in [-0.4, -0.2) is 54.9 Å². The first-order valence-corrected chi connectivity index (χ1v) is 6.53. The summed E-state index contributed by atoms with van der Waals surface area (Å²) >= 11 is 0. The molecule has 0 radical (unpaired) electrons. The first-order valence-electron chi connectivity index (χ1n) is 6.53. The summed E-state index contributed by atoms with van der Waals surface area (Å²) in [5.74, 6) is -1.42. The molecular formula is C12H21N3O5. The molecule has 3 amide bonds. The smallest absolute Gasteiger partial charge is 0.326 e. The van der Waals surface area contributed by atoms with Crippen molar-refractivity contribution in [2.45, 2.75) is 44.3 Å². The molecule has 0 aliphatic heterocycles. The van der Waals surface area contributed by atoms with Crippen LogP contribution >= 0.6 is 0 Å². The molecule has 0 heterocycles. The summed E-state index contributed by atoms with van der Waals surface area (Å²) in [7, 11) is 1.45. The number of aliphatic carboxylic acids is 1. The molecule has 0 saturated heterocycles. The van der Waals surface area contributed by atoms with Gasteiger partial charge in [0, 0.05) is 26.2 Å². The number of nitrogens with one attached hydrogen (secondary N) is 3. The molecule has 114 valence electrons. The minimum absolute atomic E-state index is 0.155. The molecule has 1 fully saturated rings. The fourth-order valence-corrected chi connectivity index (χ4v) is 1.51. The Morgan fingerprint density at radius 1 is 1.30 bits per heavy atom. The largest absolute Gasteiger partial charge is 0.480 e. The summed E-state index contributed by atoms with van der Waals surface area (Å²) in [5.41, 5.74) is 0. The van der Waals surface area contributed by atoms with Gasteiger partial charge in [0.2, 0.25) is 5.91 Å². The Morgan fingerprint density at radius 2 is 1.95 bits per heavy atom. The maximum Gasteiger partial charge on any atom is 0.326 e. The third-order valence-electron chi connectivity index (χ3n) is 2.88. The number of carboxylic acid groups (broad SMARTS) is 1. The number of urea groups is 1. The molecule has 1 saturated carbocycles. The molecule has 0 bridgehead atoms. The molecule has 1 aliphatic rings. The van der Waals surface area contributed by atoms with Crippen LogP contribution in [0.5, 0.6) is 0 Å². The van der Waals surface area contributed by atoms with Gasteiger partial charge in [-0.3, -0.25) is 4.79 Å². The molecule has 1 rings (SSSR count). The minimum atomic E-state index is -1.15. The highest BCUT2D eigenvalue weighted by Crippen LogP contribution is 2.18. The Morgan fingerprint density at radius 3 is 2.45 bits per heavy atom. The van der Waals surface area contributed by atoms with E-state index in [4.69, 9.17) is 9.84 Å². The van der Waals surface area contributed by atoms with Crippen molar-refractivity contribution in [3.63, 3.8) is 0 Å². The zero-order valence-electron chi connectivity index (χ0n) is 11.6. The van der Waals surface area contributed by atoms with Crippen LogP contribution in [0.25, 0.3) is 0 Å². The van der Waals surface area contributed by atoms with E-state index in [-0.39, 0.29) is 25.0 Å². The maximum atomic E-state index is 11.6. The van der Waals surface area contributed by atoms with E-state index in [0.29, 0.717) is 0 Å². The van der Waals surface area contributed by atoms with Crippen molar-refractivity contribution >= 4 is 17.9 Å². The molecule has 0 aromatic heterocycles. The Kier molecular flexibility index (Phi) is 6.23. The first kappa shape index (κ1) is 16.2. The van der Waals surface area contributed by atoms with Gasteiger partial charge in [0.15, 0.2) is 0 Å². The van der Waals surface area contributed by atoms with E-state index in [2.05, 4.69) is 16.0 Å². The number of amides is 3. The topological polar surface area (TPSA) is 117 Å². The summed E-state index contributed by atoms with van der Waals surface area (Å²) in [6.45, 7) is 1.76. The Balaban J connectivity index is 2.35. The standard InChI is InChI=1S/C12H21N3O5/c1-7(10(16)14-8-3-4-8)13-12(19)15-9(11(17)18)5-6-20-2/h7-9H,3-6H2,1-2H3,(H,14,16)(H,17,18)(H2,13,15,19). The van der Waals surface area contributed by atoms with Gasteiger partial charge in [-0.05, 0) is 19.8 Å². The lowest BCUT2D eigenvalue weighted by atomic mass is 10.2. The van der Waals surface area contributed by atoms with Crippen LogP contribution in [0.2, 0.25) is 0 Å². The molecule has 0 spiro atoms. The molecule has 0 aromatic carbocycles. The van der Waals surface area contributed by atoms with Crippen LogP contribution in [0.4, 0.5) is 4.79 Å². The van der Waals surface area contributed by atoms with Gasteiger partial charge in [-0.15, -0.1) is 0 Å². The molecule has 2 unspecified atom stereocenters. The average Bonchev–Trinajstić information content (AvgIpc) is 3.17. The highest BCUT2D eigenvalue weighted by atomic mass is 16.5. The monoisotopic (exact) mass is 287 g/mol. The third-order valence-corrected chi connectivity index (χ3v) is 2.88. The highest BCUT2D eigenvalue weighted by molar-refractivity contribution is 5.88. The Labute approximate surface area is 117 Å². The van der Waals surface area contributed by atoms with Crippen LogP contribution in [0.1, 0.15) is 26.2 Å². The van der Waals surface area contributed by atoms with Crippen molar-refractivity contribution < 1.29 is 24.2 Å². The van der Waals surface area contributed by atoms with Gasteiger partial charge in [0.25, 0.3) is 0 Å². The van der Waals surface area contributed by atoms with E-state index in [0.717, 1.165) is 12.8 Å². The number of ether oxygens (including phenoxy) is 1. The number of hydrogen-bond acceptors (Lipinski definition) is 4. The highest BCUT2D eigenvalue weighted by Gasteiger charge is 2.27. The van der Waals surface area contributed by atoms with Gasteiger partial charge in [-0.1, -0.05) is 0 Å². The number of carboxylic acids is 1. The van der Waals surface area contributed by atoms with Crippen molar-refractivity contribution in [2.75, 3.05) is 13.7 Å². The second-order valence-electron chi connectivity index (χ2n) is 4.79. The summed E-state index contributed by atoms with van der Waals surface area (Å²) < 4.78 is 4.77. The van der Waals surface area contributed by atoms with Crippen LogP contribution in [0.3, 0.4) is 0 Å². The lowest BCUT2D eigenvalue weighted by molar-refractivity contribution is -0.139. The van der Waals surface area contributed by atoms with E-state index in [1.54, 1.807) is 6.92 Å². The molecule has 2 atom stereocenters. The normalized spacial score (nSPS) is 16.9. The molecule has 8 heteroatoms. The molecule has 4 N–H and O–H groups in total. The van der Waals surface area contributed by atoms with E-state index in [1.165, 1.54) is 7.11 Å². The number of rotatable bonds is 8. The quantitative estimate of drug-likeness (QED) is 0.477. The molecule has 1 aliphatic carbocycles. The van der Waals surface area contributed by atoms with E-state index < -0.39 is 24.1 Å². The van der Waals surface area contributed by atoms with Crippen LogP contribution in [0, 0.1) is 0 Å². The predicted octanol–water partition coefficient (Wildman–Crippen LogP) is -0.558.